The molecule has 0 saturated carbocycles. The van der Waals surface area contributed by atoms with Gasteiger partial charge in [0.2, 0.25) is 0 Å². The molecule has 5 heteroatoms. The van der Waals surface area contributed by atoms with Crippen molar-refractivity contribution in [3.63, 3.8) is 0 Å². The molecule has 0 aliphatic carbocycles. The van der Waals surface area contributed by atoms with Crippen LogP contribution in [0.2, 0.25) is 0 Å². The predicted molar refractivity (Wildman–Crippen MR) is 47.6 cm³/mol. The number of amides is 3. The number of likely N-dealkylation sites (tertiary alicyclic amines) is 1. The fraction of sp³-hybridized carbons (Fsp3) is 0.667. The van der Waals surface area contributed by atoms with Gasteiger partial charge < -0.3 is 4.74 Å². The van der Waals surface area contributed by atoms with Crippen LogP contribution in [0, 0.1) is 0 Å². The highest BCUT2D eigenvalue weighted by atomic mass is 16.6. The quantitative estimate of drug-likeness (QED) is 0.429. The van der Waals surface area contributed by atoms with E-state index in [1.54, 1.807) is 20.8 Å². The first-order valence-corrected chi connectivity index (χ1v) is 4.40. The second-order valence-corrected chi connectivity index (χ2v) is 4.10. The number of hydrogen-bond donors (Lipinski definition) is 0. The highest BCUT2D eigenvalue weighted by Crippen LogP contribution is 2.14. The summed E-state index contributed by atoms with van der Waals surface area (Å²) in [4.78, 5) is 34.2. The number of carbonyl (C=O) groups is 3. The summed E-state index contributed by atoms with van der Waals surface area (Å²) in [7, 11) is 0. The Kier molecular flexibility index (Phi) is 2.71. The molecule has 0 N–H and O–H groups in total. The molecule has 3 amide bonds. The average Bonchev–Trinajstić information content (AvgIpc) is 2.27. The molecule has 1 radical (unpaired) electrons. The van der Waals surface area contributed by atoms with E-state index in [0.29, 0.717) is 4.90 Å². The first-order valence-electron chi connectivity index (χ1n) is 4.40. The monoisotopic (exact) mass is 199 g/mol. The second-order valence-electron chi connectivity index (χ2n) is 4.10. The van der Waals surface area contributed by atoms with Gasteiger partial charge >= 0.3 is 17.9 Å². The molecule has 0 aromatic heterocycles. The van der Waals surface area contributed by atoms with Crippen LogP contribution in [0.4, 0.5) is 4.79 Å². The molecule has 0 atom stereocenters. The van der Waals surface area contributed by atoms with Crippen molar-refractivity contribution in [1.29, 1.82) is 0 Å². The number of carbonyl (C=O) groups excluding carboxylic acids is 3. The topological polar surface area (TPSA) is 66.3 Å². The van der Waals surface area contributed by atoms with E-state index in [0.717, 1.165) is 0 Å². The Bertz CT molecular complexity index is 274. The molecular weight excluding hydrogens is 186 g/mol. The van der Waals surface area contributed by atoms with Gasteiger partial charge in [0.1, 0.15) is 5.60 Å². The van der Waals surface area contributed by atoms with Crippen LogP contribution in [-0.2, 0) is 14.3 Å². The van der Waals surface area contributed by atoms with Gasteiger partial charge in [-0.3, -0.25) is 0 Å². The lowest BCUT2D eigenvalue weighted by atomic mass is 10.2. The molecule has 1 aliphatic heterocycles. The molecule has 0 bridgehead atoms. The van der Waals surface area contributed by atoms with Crippen LogP contribution in [0.25, 0.3) is 0 Å². The lowest BCUT2D eigenvalue weighted by Gasteiger charge is -2.16. The maximum Gasteiger partial charge on any atom is 0.584 e. The minimum Gasteiger partial charge on any atom is -0.410 e. The summed E-state index contributed by atoms with van der Waals surface area (Å²) in [6.45, 7) is 5.03. The zero-order chi connectivity index (χ0) is 10.9. The SMILES string of the molecule is CC(C)(C)OC(=O)[N+]1C(=O)CCC1=O. The van der Waals surface area contributed by atoms with Crippen LogP contribution in [0.3, 0.4) is 0 Å². The largest absolute Gasteiger partial charge is 0.584 e. The Hall–Kier alpha value is -1.23. The number of rotatable bonds is 0. The number of hydrogen-bond acceptors (Lipinski definition) is 4. The molecule has 14 heavy (non-hydrogen) atoms. The summed E-state index contributed by atoms with van der Waals surface area (Å²) in [6, 6.07) is 0. The molecule has 0 spiro atoms. The third kappa shape index (κ3) is 2.38. The zero-order valence-electron chi connectivity index (χ0n) is 8.49. The molecule has 1 heterocycles. The molecule has 0 aromatic rings. The van der Waals surface area contributed by atoms with Crippen LogP contribution in [0.1, 0.15) is 33.6 Å². The van der Waals surface area contributed by atoms with E-state index in [1.165, 1.54) is 0 Å². The van der Waals surface area contributed by atoms with Gasteiger partial charge in [0.05, 0.1) is 17.7 Å². The lowest BCUT2D eigenvalue weighted by molar-refractivity contribution is -0.130. The molecule has 0 unspecified atom stereocenters. The average molecular weight is 199 g/mol. The molecule has 5 nitrogen and oxygen atoms in total. The van der Waals surface area contributed by atoms with Gasteiger partial charge in [-0.15, -0.1) is 0 Å². The van der Waals surface area contributed by atoms with E-state index in [2.05, 4.69) is 0 Å². The van der Waals surface area contributed by atoms with Gasteiger partial charge in [-0.2, -0.15) is 4.79 Å². The van der Waals surface area contributed by atoms with Crippen LogP contribution < -0.4 is 4.90 Å². The maximum atomic E-state index is 11.3. The molecule has 77 valence electrons. The highest BCUT2D eigenvalue weighted by molar-refractivity contribution is 6.17. The minimum atomic E-state index is -0.870. The molecular formula is C9H13NO4+. The predicted octanol–water partition coefficient (Wildman–Crippen LogP) is 0.909. The van der Waals surface area contributed by atoms with E-state index >= 15 is 0 Å². The summed E-state index contributed by atoms with van der Waals surface area (Å²) >= 11 is 0. The van der Waals surface area contributed by atoms with Crippen molar-refractivity contribution in [2.24, 2.45) is 0 Å². The Morgan fingerprint density at radius 3 is 2.00 bits per heavy atom. The van der Waals surface area contributed by atoms with Crippen molar-refractivity contribution in [2.45, 2.75) is 39.2 Å². The third-order valence-corrected chi connectivity index (χ3v) is 1.63. The van der Waals surface area contributed by atoms with Gasteiger partial charge in [0.15, 0.2) is 0 Å². The van der Waals surface area contributed by atoms with Crippen molar-refractivity contribution in [2.75, 3.05) is 0 Å². The summed E-state index contributed by atoms with van der Waals surface area (Å²) in [5, 5.41) is 0. The van der Waals surface area contributed by atoms with Crippen LogP contribution >= 0.6 is 0 Å². The normalized spacial score (nSPS) is 18.8. The van der Waals surface area contributed by atoms with Gasteiger partial charge in [-0.1, -0.05) is 0 Å². The molecule has 1 saturated heterocycles. The fourth-order valence-electron chi connectivity index (χ4n) is 1.09. The van der Waals surface area contributed by atoms with Crippen molar-refractivity contribution >= 4 is 17.9 Å². The van der Waals surface area contributed by atoms with Crippen molar-refractivity contribution in [3.05, 3.63) is 0 Å². The Morgan fingerprint density at radius 1 is 1.21 bits per heavy atom. The van der Waals surface area contributed by atoms with E-state index in [1.807, 2.05) is 0 Å². The fourth-order valence-corrected chi connectivity index (χ4v) is 1.09. The highest BCUT2D eigenvalue weighted by Gasteiger charge is 2.51. The van der Waals surface area contributed by atoms with Crippen molar-refractivity contribution in [1.82, 2.24) is 4.90 Å². The molecule has 0 aromatic carbocycles. The molecule has 1 aliphatic rings. The van der Waals surface area contributed by atoms with Gasteiger partial charge in [-0.05, 0) is 20.8 Å². The van der Waals surface area contributed by atoms with Crippen molar-refractivity contribution < 1.29 is 19.1 Å². The smallest absolute Gasteiger partial charge is 0.410 e. The van der Waals surface area contributed by atoms with E-state index in [9.17, 15) is 14.4 Å². The summed E-state index contributed by atoms with van der Waals surface area (Å²) in [5.74, 6) is -0.964. The lowest BCUT2D eigenvalue weighted by Crippen LogP contribution is -2.44. The number of nitrogens with zero attached hydrogens (tertiary/aromatic N) is 1. The first kappa shape index (κ1) is 10.8. The van der Waals surface area contributed by atoms with Crippen LogP contribution in [0.5, 0.6) is 0 Å². The van der Waals surface area contributed by atoms with Gasteiger partial charge in [-0.25, -0.2) is 9.59 Å². The van der Waals surface area contributed by atoms with E-state index in [-0.39, 0.29) is 12.8 Å². The first-order chi connectivity index (χ1) is 6.31. The summed E-state index contributed by atoms with van der Waals surface area (Å²) < 4.78 is 4.91. The van der Waals surface area contributed by atoms with E-state index < -0.39 is 23.5 Å². The number of ether oxygens (including phenoxy) is 1. The van der Waals surface area contributed by atoms with E-state index in [4.69, 9.17) is 4.74 Å². The number of imide groups is 3. The Morgan fingerprint density at radius 2 is 1.64 bits per heavy atom. The minimum absolute atomic E-state index is 0.0953. The van der Waals surface area contributed by atoms with Crippen molar-refractivity contribution in [3.8, 4) is 0 Å². The summed E-state index contributed by atoms with van der Waals surface area (Å²) in [6.07, 6.45) is -0.680. The Labute approximate surface area is 82.0 Å². The van der Waals surface area contributed by atoms with Crippen LogP contribution in [0.15, 0.2) is 0 Å². The summed E-state index contributed by atoms with van der Waals surface area (Å²) in [5.41, 5.74) is -0.694. The maximum absolute atomic E-state index is 11.3. The zero-order valence-corrected chi connectivity index (χ0v) is 8.49. The van der Waals surface area contributed by atoms with Gasteiger partial charge in [0, 0.05) is 0 Å². The molecule has 1 rings (SSSR count). The second kappa shape index (κ2) is 3.49. The Balaban J connectivity index is 2.70. The van der Waals surface area contributed by atoms with Crippen LogP contribution in [-0.4, -0.2) is 23.5 Å². The van der Waals surface area contributed by atoms with Gasteiger partial charge in [0.25, 0.3) is 0 Å². The standard InChI is InChI=1S/C9H13NO4/c1-9(2,3)14-8(13)10-6(11)4-5-7(10)12/h4-5H2,1-3H3/q+1. The third-order valence-electron chi connectivity index (χ3n) is 1.63. The molecule has 1 fully saturated rings.